The predicted molar refractivity (Wildman–Crippen MR) is 69.0 cm³/mol. The van der Waals surface area contributed by atoms with Crippen molar-refractivity contribution in [1.29, 1.82) is 0 Å². The second-order valence-corrected chi connectivity index (χ2v) is 4.20. The summed E-state index contributed by atoms with van der Waals surface area (Å²) in [6.07, 6.45) is -4.45. The number of nitrogens with zero attached hydrogens (tertiary/aromatic N) is 1. The first-order valence-corrected chi connectivity index (χ1v) is 5.94. The van der Waals surface area contributed by atoms with Crippen molar-refractivity contribution in [2.24, 2.45) is 0 Å². The molecular formula is C13H12F3N3O2. The summed E-state index contributed by atoms with van der Waals surface area (Å²) in [6.45, 7) is -1.39. The van der Waals surface area contributed by atoms with Gasteiger partial charge in [0.1, 0.15) is 18.0 Å². The van der Waals surface area contributed by atoms with Gasteiger partial charge in [0.15, 0.2) is 0 Å². The number of ether oxygens (including phenoxy) is 1. The molecule has 0 fully saturated rings. The van der Waals surface area contributed by atoms with Gasteiger partial charge < -0.3 is 10.1 Å². The highest BCUT2D eigenvalue weighted by Gasteiger charge is 2.28. The Morgan fingerprint density at radius 2 is 2.14 bits per heavy atom. The zero-order valence-electron chi connectivity index (χ0n) is 11.0. The second-order valence-electron chi connectivity index (χ2n) is 4.20. The minimum atomic E-state index is -4.45. The summed E-state index contributed by atoms with van der Waals surface area (Å²) >= 11 is 0. The summed E-state index contributed by atoms with van der Waals surface area (Å²) in [6, 6.07) is 8.31. The van der Waals surface area contributed by atoms with Crippen molar-refractivity contribution < 1.29 is 22.7 Å². The number of hydrogen-bond donors (Lipinski definition) is 2. The molecule has 0 saturated carbocycles. The van der Waals surface area contributed by atoms with Crippen molar-refractivity contribution in [3.8, 4) is 17.0 Å². The Morgan fingerprint density at radius 1 is 1.38 bits per heavy atom. The molecule has 2 aromatic rings. The van der Waals surface area contributed by atoms with Gasteiger partial charge in [0, 0.05) is 5.56 Å². The van der Waals surface area contributed by atoms with Crippen LogP contribution in [0.2, 0.25) is 0 Å². The number of aromatic amines is 1. The molecule has 0 unspecified atom stereocenters. The standard InChI is InChI=1S/C13H12F3N3O2/c1-21-9-4-2-3-8(5-9)10-6-11(19-18-10)12(20)17-7-13(14,15)16/h2-6H,7H2,1H3,(H,17,20)(H,18,19). The fourth-order valence-electron chi connectivity index (χ4n) is 1.64. The van der Waals surface area contributed by atoms with Crippen LogP contribution in [-0.2, 0) is 0 Å². The van der Waals surface area contributed by atoms with Gasteiger partial charge in [-0.3, -0.25) is 9.89 Å². The molecule has 2 rings (SSSR count). The normalized spacial score (nSPS) is 11.2. The van der Waals surface area contributed by atoms with Gasteiger partial charge >= 0.3 is 6.18 Å². The molecule has 2 N–H and O–H groups in total. The molecule has 0 spiro atoms. The Morgan fingerprint density at radius 3 is 2.81 bits per heavy atom. The quantitative estimate of drug-likeness (QED) is 0.911. The Labute approximate surface area is 118 Å². The molecule has 0 atom stereocenters. The van der Waals surface area contributed by atoms with Crippen LogP contribution >= 0.6 is 0 Å². The van der Waals surface area contributed by atoms with Crippen molar-refractivity contribution in [3.63, 3.8) is 0 Å². The summed E-state index contributed by atoms with van der Waals surface area (Å²) in [5.74, 6) is -0.257. The van der Waals surface area contributed by atoms with Crippen LogP contribution in [0.5, 0.6) is 5.75 Å². The number of methoxy groups -OCH3 is 1. The van der Waals surface area contributed by atoms with Crippen molar-refractivity contribution in [2.75, 3.05) is 13.7 Å². The number of nitrogens with one attached hydrogen (secondary N) is 2. The van der Waals surface area contributed by atoms with Crippen LogP contribution in [0.15, 0.2) is 30.3 Å². The molecule has 5 nitrogen and oxygen atoms in total. The second kappa shape index (κ2) is 5.86. The summed E-state index contributed by atoms with van der Waals surface area (Å²) in [5.41, 5.74) is 1.07. The Kier molecular flexibility index (Phi) is 4.15. The molecule has 1 aromatic carbocycles. The monoisotopic (exact) mass is 299 g/mol. The van der Waals surface area contributed by atoms with Gasteiger partial charge in [0.2, 0.25) is 0 Å². The van der Waals surface area contributed by atoms with E-state index in [1.54, 1.807) is 29.6 Å². The number of carbonyl (C=O) groups excluding carboxylic acids is 1. The summed E-state index contributed by atoms with van der Waals surface area (Å²) in [7, 11) is 1.51. The van der Waals surface area contributed by atoms with E-state index in [1.165, 1.54) is 13.2 Å². The molecule has 0 radical (unpaired) electrons. The number of hydrogen-bond acceptors (Lipinski definition) is 3. The van der Waals surface area contributed by atoms with Crippen LogP contribution in [0.3, 0.4) is 0 Å². The lowest BCUT2D eigenvalue weighted by molar-refractivity contribution is -0.123. The Balaban J connectivity index is 2.12. The highest BCUT2D eigenvalue weighted by atomic mass is 19.4. The minimum absolute atomic E-state index is 0.0444. The van der Waals surface area contributed by atoms with Gasteiger partial charge in [-0.2, -0.15) is 18.3 Å². The third kappa shape index (κ3) is 3.98. The van der Waals surface area contributed by atoms with Crippen LogP contribution in [-0.4, -0.2) is 35.9 Å². The van der Waals surface area contributed by atoms with Crippen LogP contribution in [0.25, 0.3) is 11.3 Å². The van der Waals surface area contributed by atoms with Crippen molar-refractivity contribution >= 4 is 5.91 Å². The molecule has 0 aliphatic rings. The maximum absolute atomic E-state index is 12.0. The molecule has 21 heavy (non-hydrogen) atoms. The molecule has 0 aliphatic carbocycles. The van der Waals surface area contributed by atoms with Gasteiger partial charge in [-0.25, -0.2) is 0 Å². The molecule has 0 aliphatic heterocycles. The lowest BCUT2D eigenvalue weighted by atomic mass is 10.1. The highest BCUT2D eigenvalue weighted by Crippen LogP contribution is 2.22. The van der Waals surface area contributed by atoms with E-state index >= 15 is 0 Å². The van der Waals surface area contributed by atoms with E-state index in [4.69, 9.17) is 4.74 Å². The first-order valence-electron chi connectivity index (χ1n) is 5.94. The van der Waals surface area contributed by atoms with Gasteiger partial charge in [-0.05, 0) is 18.2 Å². The van der Waals surface area contributed by atoms with Crippen molar-refractivity contribution in [1.82, 2.24) is 15.5 Å². The van der Waals surface area contributed by atoms with Crippen LogP contribution in [0, 0.1) is 0 Å². The van der Waals surface area contributed by atoms with Gasteiger partial charge in [-0.15, -0.1) is 0 Å². The molecule has 1 aromatic heterocycles. The van der Waals surface area contributed by atoms with Gasteiger partial charge in [-0.1, -0.05) is 12.1 Å². The minimum Gasteiger partial charge on any atom is -0.497 e. The number of amides is 1. The third-order valence-electron chi connectivity index (χ3n) is 2.64. The van der Waals surface area contributed by atoms with Crippen molar-refractivity contribution in [2.45, 2.75) is 6.18 Å². The van der Waals surface area contributed by atoms with E-state index in [0.29, 0.717) is 17.0 Å². The maximum Gasteiger partial charge on any atom is 0.405 e. The average molecular weight is 299 g/mol. The molecule has 1 heterocycles. The fourth-order valence-corrected chi connectivity index (χ4v) is 1.64. The maximum atomic E-state index is 12.0. The zero-order valence-corrected chi connectivity index (χ0v) is 11.0. The number of alkyl halides is 3. The summed E-state index contributed by atoms with van der Waals surface area (Å²) in [4.78, 5) is 11.6. The summed E-state index contributed by atoms with van der Waals surface area (Å²) in [5, 5.41) is 8.08. The number of carbonyl (C=O) groups is 1. The van der Waals surface area contributed by atoms with Crippen LogP contribution in [0.1, 0.15) is 10.5 Å². The van der Waals surface area contributed by atoms with Gasteiger partial charge in [0.25, 0.3) is 5.91 Å². The van der Waals surface area contributed by atoms with Crippen molar-refractivity contribution in [3.05, 3.63) is 36.0 Å². The number of halogens is 3. The zero-order chi connectivity index (χ0) is 15.5. The van der Waals surface area contributed by atoms with E-state index in [9.17, 15) is 18.0 Å². The SMILES string of the molecule is COc1cccc(-c2cc(C(=O)NCC(F)(F)F)[nH]n2)c1. The molecule has 1 amide bonds. The smallest absolute Gasteiger partial charge is 0.405 e. The summed E-state index contributed by atoms with van der Waals surface area (Å²) < 4.78 is 41.2. The molecule has 0 saturated heterocycles. The average Bonchev–Trinajstić information content (AvgIpc) is 2.94. The largest absolute Gasteiger partial charge is 0.497 e. The first kappa shape index (κ1) is 14.9. The van der Waals surface area contributed by atoms with E-state index < -0.39 is 18.6 Å². The topological polar surface area (TPSA) is 67.0 Å². The van der Waals surface area contributed by atoms with Crippen LogP contribution < -0.4 is 10.1 Å². The Hall–Kier alpha value is -2.51. The lowest BCUT2D eigenvalue weighted by Crippen LogP contribution is -2.33. The number of rotatable bonds is 4. The first-order chi connectivity index (χ1) is 9.89. The van der Waals surface area contributed by atoms with E-state index in [2.05, 4.69) is 10.2 Å². The number of benzene rings is 1. The van der Waals surface area contributed by atoms with Crippen LogP contribution in [0.4, 0.5) is 13.2 Å². The lowest BCUT2D eigenvalue weighted by Gasteiger charge is -2.06. The fraction of sp³-hybridized carbons (Fsp3) is 0.231. The predicted octanol–water partition coefficient (Wildman–Crippen LogP) is 2.38. The molecule has 112 valence electrons. The number of H-pyrrole nitrogens is 1. The van der Waals surface area contributed by atoms with E-state index in [1.807, 2.05) is 0 Å². The molecule has 0 bridgehead atoms. The van der Waals surface area contributed by atoms with E-state index in [-0.39, 0.29) is 5.69 Å². The Bertz CT molecular complexity index is 638. The third-order valence-corrected chi connectivity index (χ3v) is 2.64. The molecular weight excluding hydrogens is 287 g/mol. The van der Waals surface area contributed by atoms with E-state index in [0.717, 1.165) is 0 Å². The number of aromatic nitrogens is 2. The van der Waals surface area contributed by atoms with Gasteiger partial charge in [0.05, 0.1) is 12.8 Å². The molecule has 8 heteroatoms. The highest BCUT2D eigenvalue weighted by molar-refractivity contribution is 5.93.